The van der Waals surface area contributed by atoms with Gasteiger partial charge in [-0.1, -0.05) is 35.9 Å². The van der Waals surface area contributed by atoms with E-state index in [1.807, 2.05) is 62.9 Å². The van der Waals surface area contributed by atoms with E-state index in [-0.39, 0.29) is 36.9 Å². The van der Waals surface area contributed by atoms with E-state index in [9.17, 15) is 19.2 Å². The molecule has 0 bridgehead atoms. The molecule has 0 saturated carbocycles. The quantitative estimate of drug-likeness (QED) is 0.382. The fourth-order valence-electron chi connectivity index (χ4n) is 7.92. The Hall–Kier alpha value is -3.19. The van der Waals surface area contributed by atoms with E-state index in [0.717, 1.165) is 65.9 Å². The van der Waals surface area contributed by atoms with E-state index in [2.05, 4.69) is 26.1 Å². The third-order valence-corrected chi connectivity index (χ3v) is 12.3. The van der Waals surface area contributed by atoms with Gasteiger partial charge in [-0.05, 0) is 83.8 Å². The lowest BCUT2D eigenvalue weighted by Crippen LogP contribution is -2.55. The van der Waals surface area contributed by atoms with Gasteiger partial charge < -0.3 is 25.1 Å². The first-order chi connectivity index (χ1) is 23.5. The van der Waals surface area contributed by atoms with Gasteiger partial charge in [-0.15, -0.1) is 0 Å². The normalized spacial score (nSPS) is 20.6. The van der Waals surface area contributed by atoms with Crippen LogP contribution in [0, 0.1) is 12.8 Å². The van der Waals surface area contributed by atoms with Gasteiger partial charge in [-0.25, -0.2) is 4.79 Å². The van der Waals surface area contributed by atoms with Gasteiger partial charge in [0, 0.05) is 87.6 Å². The van der Waals surface area contributed by atoms with Crippen molar-refractivity contribution < 1.29 is 24.3 Å². The van der Waals surface area contributed by atoms with Crippen molar-refractivity contribution in [3.8, 4) is 0 Å². The standard InChI is InChI=1S/C36H46BrClN6O5/c1-24-18-25(20-30(38)34(24)37)19-27(35(48)43-12-6-28(7-13-43)41-16-14-40(15-17-41)23-33(46)47)21-32(45)42-10-8-29(9-11-42)44-22-26-4-2-3-5-31(26)39-36(44)49/h2-5,18,20,27-29H,6-17,19,21-23H2,1H3,(H,39,49)(H,46,47). The highest BCUT2D eigenvalue weighted by Crippen LogP contribution is 2.31. The van der Waals surface area contributed by atoms with Crippen molar-refractivity contribution in [2.75, 3.05) is 64.2 Å². The number of piperazine rings is 1. The van der Waals surface area contributed by atoms with Gasteiger partial charge in [-0.2, -0.15) is 0 Å². The van der Waals surface area contributed by atoms with Crippen molar-refractivity contribution in [3.05, 3.63) is 62.6 Å². The van der Waals surface area contributed by atoms with Gasteiger partial charge in [0.25, 0.3) is 0 Å². The molecule has 6 rings (SSSR count). The highest BCUT2D eigenvalue weighted by Gasteiger charge is 2.36. The zero-order chi connectivity index (χ0) is 34.7. The van der Waals surface area contributed by atoms with Crippen molar-refractivity contribution in [1.29, 1.82) is 0 Å². The summed E-state index contributed by atoms with van der Waals surface area (Å²) in [5.41, 5.74) is 3.86. The van der Waals surface area contributed by atoms with Crippen LogP contribution < -0.4 is 5.32 Å². The number of para-hydroxylation sites is 1. The number of carbonyl (C=O) groups excluding carboxylic acids is 3. The number of aryl methyl sites for hydroxylation is 1. The number of likely N-dealkylation sites (tertiary alicyclic amines) is 2. The molecule has 0 radical (unpaired) electrons. The van der Waals surface area contributed by atoms with Crippen LogP contribution in [0.2, 0.25) is 5.02 Å². The first kappa shape index (κ1) is 35.6. The van der Waals surface area contributed by atoms with Crippen LogP contribution in [0.25, 0.3) is 0 Å². The summed E-state index contributed by atoms with van der Waals surface area (Å²) in [6, 6.07) is 12.1. The fraction of sp³-hybridized carbons (Fsp3) is 0.556. The second kappa shape index (κ2) is 15.8. The number of nitrogens with one attached hydrogen (secondary N) is 1. The van der Waals surface area contributed by atoms with Gasteiger partial charge >= 0.3 is 12.0 Å². The van der Waals surface area contributed by atoms with Crippen LogP contribution >= 0.6 is 27.5 Å². The molecule has 0 aromatic heterocycles. The maximum Gasteiger partial charge on any atom is 0.322 e. The molecule has 264 valence electrons. The minimum atomic E-state index is -0.795. The van der Waals surface area contributed by atoms with Gasteiger partial charge in [0.05, 0.1) is 17.5 Å². The SMILES string of the molecule is Cc1cc(CC(CC(=O)N2CCC(N3Cc4ccccc4NC3=O)CC2)C(=O)N2CCC(N3CCN(CC(=O)O)CC3)CC2)cc(Cl)c1Br. The van der Waals surface area contributed by atoms with Crippen molar-refractivity contribution >= 4 is 57.0 Å². The summed E-state index contributed by atoms with van der Waals surface area (Å²) in [6.45, 7) is 8.11. The van der Waals surface area contributed by atoms with Crippen LogP contribution in [0.4, 0.5) is 10.5 Å². The van der Waals surface area contributed by atoms with Crippen LogP contribution in [-0.4, -0.2) is 124 Å². The Morgan fingerprint density at radius 1 is 0.939 bits per heavy atom. The number of fused-ring (bicyclic) bond motifs is 1. The zero-order valence-electron chi connectivity index (χ0n) is 28.1. The molecular weight excluding hydrogens is 712 g/mol. The smallest absolute Gasteiger partial charge is 0.322 e. The average molecular weight is 758 g/mol. The minimum absolute atomic E-state index is 0.00770. The number of carbonyl (C=O) groups is 4. The Morgan fingerprint density at radius 3 is 2.27 bits per heavy atom. The molecule has 3 fully saturated rings. The van der Waals surface area contributed by atoms with Crippen LogP contribution in [-0.2, 0) is 27.3 Å². The average Bonchev–Trinajstić information content (AvgIpc) is 3.10. The topological polar surface area (TPSA) is 117 Å². The van der Waals surface area contributed by atoms with E-state index in [4.69, 9.17) is 16.7 Å². The lowest BCUT2D eigenvalue weighted by molar-refractivity contribution is -0.143. The number of hydrogen-bond acceptors (Lipinski definition) is 6. The summed E-state index contributed by atoms with van der Waals surface area (Å²) in [4.78, 5) is 62.1. The molecule has 1 unspecified atom stereocenters. The fourth-order valence-corrected chi connectivity index (χ4v) is 8.44. The van der Waals surface area contributed by atoms with Gasteiger partial charge in [0.15, 0.2) is 0 Å². The van der Waals surface area contributed by atoms with Gasteiger partial charge in [0.1, 0.15) is 0 Å². The highest BCUT2D eigenvalue weighted by atomic mass is 79.9. The number of carboxylic acid groups (broad SMARTS) is 1. The Labute approximate surface area is 301 Å². The molecule has 4 heterocycles. The third-order valence-electron chi connectivity index (χ3n) is 10.7. The maximum absolute atomic E-state index is 14.2. The van der Waals surface area contributed by atoms with Crippen LogP contribution in [0.3, 0.4) is 0 Å². The largest absolute Gasteiger partial charge is 0.480 e. The number of urea groups is 1. The number of amides is 4. The van der Waals surface area contributed by atoms with Crippen LogP contribution in [0.5, 0.6) is 0 Å². The first-order valence-electron chi connectivity index (χ1n) is 17.4. The van der Waals surface area contributed by atoms with E-state index in [0.29, 0.717) is 63.1 Å². The summed E-state index contributed by atoms with van der Waals surface area (Å²) in [5, 5.41) is 12.7. The second-order valence-corrected chi connectivity index (χ2v) is 15.1. The third kappa shape index (κ3) is 8.58. The predicted octanol–water partition coefficient (Wildman–Crippen LogP) is 4.69. The summed E-state index contributed by atoms with van der Waals surface area (Å²) >= 11 is 10.0. The summed E-state index contributed by atoms with van der Waals surface area (Å²) in [7, 11) is 0. The Morgan fingerprint density at radius 2 is 1.59 bits per heavy atom. The Kier molecular flexibility index (Phi) is 11.5. The summed E-state index contributed by atoms with van der Waals surface area (Å²) in [6.07, 6.45) is 3.65. The number of halogens is 2. The van der Waals surface area contributed by atoms with Crippen LogP contribution in [0.1, 0.15) is 48.8 Å². The van der Waals surface area contributed by atoms with Gasteiger partial charge in [0.2, 0.25) is 11.8 Å². The lowest BCUT2D eigenvalue weighted by atomic mass is 9.91. The zero-order valence-corrected chi connectivity index (χ0v) is 30.4. The van der Waals surface area contributed by atoms with Crippen LogP contribution in [0.15, 0.2) is 40.9 Å². The molecule has 0 spiro atoms. The molecule has 3 saturated heterocycles. The second-order valence-electron chi connectivity index (χ2n) is 13.9. The monoisotopic (exact) mass is 756 g/mol. The molecule has 1 atom stereocenters. The van der Waals surface area contributed by atoms with E-state index >= 15 is 0 Å². The number of hydrogen-bond donors (Lipinski definition) is 2. The highest BCUT2D eigenvalue weighted by molar-refractivity contribution is 9.10. The molecule has 13 heteroatoms. The number of carboxylic acids is 1. The van der Waals surface area contributed by atoms with E-state index in [1.165, 1.54) is 0 Å². The number of rotatable bonds is 9. The minimum Gasteiger partial charge on any atom is -0.480 e. The Balaban J connectivity index is 1.07. The predicted molar refractivity (Wildman–Crippen MR) is 192 cm³/mol. The van der Waals surface area contributed by atoms with E-state index < -0.39 is 11.9 Å². The maximum atomic E-state index is 14.2. The number of nitrogens with zero attached hydrogens (tertiary/aromatic N) is 5. The number of benzene rings is 2. The Bertz CT molecular complexity index is 1530. The molecular formula is C36H46BrClN6O5. The number of anilines is 1. The molecule has 4 aliphatic rings. The summed E-state index contributed by atoms with van der Waals surface area (Å²) in [5.74, 6) is -1.33. The molecule has 49 heavy (non-hydrogen) atoms. The van der Waals surface area contributed by atoms with Crippen molar-refractivity contribution in [1.82, 2.24) is 24.5 Å². The summed E-state index contributed by atoms with van der Waals surface area (Å²) < 4.78 is 0.830. The number of piperidine rings is 2. The molecule has 4 amide bonds. The number of aliphatic carboxylic acids is 1. The molecule has 2 aromatic rings. The van der Waals surface area contributed by atoms with E-state index in [1.54, 1.807) is 0 Å². The molecule has 4 aliphatic heterocycles. The molecule has 2 aromatic carbocycles. The lowest BCUT2D eigenvalue weighted by Gasteiger charge is -2.43. The molecule has 11 nitrogen and oxygen atoms in total. The van der Waals surface area contributed by atoms with Gasteiger partial charge in [-0.3, -0.25) is 24.2 Å². The van der Waals surface area contributed by atoms with Crippen molar-refractivity contribution in [2.45, 2.75) is 64.1 Å². The van der Waals surface area contributed by atoms with Crippen molar-refractivity contribution in [2.24, 2.45) is 5.92 Å². The molecule has 2 N–H and O–H groups in total. The van der Waals surface area contributed by atoms with Crippen molar-refractivity contribution in [3.63, 3.8) is 0 Å². The molecule has 0 aliphatic carbocycles. The first-order valence-corrected chi connectivity index (χ1v) is 18.6.